The molecule has 4 N–H and O–H groups in total. The largest absolute Gasteiger partial charge is 0.491 e. The molecule has 140 valence electrons. The van der Waals surface area contributed by atoms with Crippen molar-refractivity contribution < 1.29 is 9.13 Å². The van der Waals surface area contributed by atoms with Crippen LogP contribution in [-0.2, 0) is 6.54 Å². The number of nitrogens with two attached hydrogens (primary N) is 2. The molecule has 0 saturated carbocycles. The Morgan fingerprint density at radius 1 is 1.27 bits per heavy atom. The van der Waals surface area contributed by atoms with Gasteiger partial charge in [0, 0.05) is 6.54 Å². The molecule has 0 spiro atoms. The van der Waals surface area contributed by atoms with Crippen molar-refractivity contribution in [3.8, 4) is 5.75 Å². The standard InChI is InChI=1S/C20H27FN4O/c1-3-26-18-10-14(4-5-16(18)21)12-25-8-6-15(7-9-25)19-13(2)20(23)24-11-17(19)22/h4-5,10-11,15H,3,6-9,12,22H2,1-2H3,(H2,23,24). The van der Waals surface area contributed by atoms with Crippen LogP contribution in [0.2, 0.25) is 0 Å². The van der Waals surface area contributed by atoms with Gasteiger partial charge in [0.25, 0.3) is 0 Å². The SMILES string of the molecule is CCOc1cc(CN2CCC(c3c(N)cnc(N)c3C)CC2)ccc1F. The third-order valence-electron chi connectivity index (χ3n) is 5.14. The lowest BCUT2D eigenvalue weighted by atomic mass is 9.86. The second-order valence-electron chi connectivity index (χ2n) is 6.89. The number of pyridine rings is 1. The van der Waals surface area contributed by atoms with E-state index in [9.17, 15) is 4.39 Å². The second-order valence-corrected chi connectivity index (χ2v) is 6.89. The average Bonchev–Trinajstić information content (AvgIpc) is 2.63. The van der Waals surface area contributed by atoms with Crippen LogP contribution in [0.1, 0.15) is 42.4 Å². The van der Waals surface area contributed by atoms with E-state index in [0.29, 0.717) is 24.1 Å². The Balaban J connectivity index is 1.65. The van der Waals surface area contributed by atoms with E-state index < -0.39 is 0 Å². The summed E-state index contributed by atoms with van der Waals surface area (Å²) >= 11 is 0. The fourth-order valence-electron chi connectivity index (χ4n) is 3.75. The van der Waals surface area contributed by atoms with Gasteiger partial charge < -0.3 is 16.2 Å². The highest BCUT2D eigenvalue weighted by Gasteiger charge is 2.24. The van der Waals surface area contributed by atoms with Gasteiger partial charge >= 0.3 is 0 Å². The van der Waals surface area contributed by atoms with Crippen molar-refractivity contribution in [3.63, 3.8) is 0 Å². The predicted molar refractivity (Wildman–Crippen MR) is 103 cm³/mol. The maximum atomic E-state index is 13.7. The van der Waals surface area contributed by atoms with E-state index >= 15 is 0 Å². The minimum Gasteiger partial charge on any atom is -0.491 e. The lowest BCUT2D eigenvalue weighted by Gasteiger charge is -2.33. The summed E-state index contributed by atoms with van der Waals surface area (Å²) in [4.78, 5) is 6.52. The molecule has 1 aromatic heterocycles. The molecule has 26 heavy (non-hydrogen) atoms. The molecule has 1 aliphatic heterocycles. The number of piperidine rings is 1. The molecule has 0 amide bonds. The zero-order chi connectivity index (χ0) is 18.7. The molecule has 1 saturated heterocycles. The van der Waals surface area contributed by atoms with E-state index in [1.807, 2.05) is 19.9 Å². The molecule has 2 heterocycles. The molecule has 1 aromatic carbocycles. The normalized spacial score (nSPS) is 16.0. The molecule has 6 heteroatoms. The molecule has 1 aliphatic rings. The predicted octanol–water partition coefficient (Wildman–Crippen LogP) is 3.47. The van der Waals surface area contributed by atoms with Gasteiger partial charge in [-0.15, -0.1) is 0 Å². The van der Waals surface area contributed by atoms with Crippen LogP contribution < -0.4 is 16.2 Å². The van der Waals surface area contributed by atoms with Crippen molar-refractivity contribution in [1.29, 1.82) is 0 Å². The summed E-state index contributed by atoms with van der Waals surface area (Å²) in [6.07, 6.45) is 3.71. The zero-order valence-electron chi connectivity index (χ0n) is 15.5. The Kier molecular flexibility index (Phi) is 5.61. The number of likely N-dealkylation sites (tertiary alicyclic amines) is 1. The van der Waals surface area contributed by atoms with Gasteiger partial charge in [0.05, 0.1) is 18.5 Å². The molecule has 0 aliphatic carbocycles. The van der Waals surface area contributed by atoms with E-state index in [4.69, 9.17) is 16.2 Å². The number of anilines is 2. The van der Waals surface area contributed by atoms with Crippen molar-refractivity contribution in [2.45, 2.75) is 39.2 Å². The van der Waals surface area contributed by atoms with Crippen LogP contribution in [0.5, 0.6) is 5.75 Å². The Morgan fingerprint density at radius 3 is 2.69 bits per heavy atom. The van der Waals surface area contributed by atoms with E-state index in [0.717, 1.165) is 54.9 Å². The van der Waals surface area contributed by atoms with Gasteiger partial charge in [-0.25, -0.2) is 9.37 Å². The third-order valence-corrected chi connectivity index (χ3v) is 5.14. The number of rotatable bonds is 5. The van der Waals surface area contributed by atoms with E-state index in [-0.39, 0.29) is 5.82 Å². The number of hydrogen-bond acceptors (Lipinski definition) is 5. The van der Waals surface area contributed by atoms with Crippen molar-refractivity contribution >= 4 is 11.5 Å². The van der Waals surface area contributed by atoms with E-state index in [2.05, 4.69) is 9.88 Å². The minimum atomic E-state index is -0.310. The Bertz CT molecular complexity index is 773. The molecule has 0 unspecified atom stereocenters. The van der Waals surface area contributed by atoms with Gasteiger partial charge in [0.1, 0.15) is 5.82 Å². The van der Waals surface area contributed by atoms with Crippen LogP contribution in [0.25, 0.3) is 0 Å². The first kappa shape index (κ1) is 18.5. The van der Waals surface area contributed by atoms with Crippen molar-refractivity contribution in [2.24, 2.45) is 0 Å². The quantitative estimate of drug-likeness (QED) is 0.856. The van der Waals surface area contributed by atoms with Crippen LogP contribution in [0, 0.1) is 12.7 Å². The second kappa shape index (κ2) is 7.91. The van der Waals surface area contributed by atoms with Gasteiger partial charge in [0.2, 0.25) is 0 Å². The lowest BCUT2D eigenvalue weighted by molar-refractivity contribution is 0.204. The number of nitrogens with zero attached hydrogens (tertiary/aromatic N) is 2. The van der Waals surface area contributed by atoms with Gasteiger partial charge in [-0.3, -0.25) is 4.90 Å². The van der Waals surface area contributed by atoms with Crippen LogP contribution in [0.3, 0.4) is 0 Å². The van der Waals surface area contributed by atoms with E-state index in [1.165, 1.54) is 6.07 Å². The summed E-state index contributed by atoms with van der Waals surface area (Å²) in [6.45, 7) is 7.03. The molecule has 3 rings (SSSR count). The summed E-state index contributed by atoms with van der Waals surface area (Å²) in [5.74, 6) is 0.987. The fourth-order valence-corrected chi connectivity index (χ4v) is 3.75. The van der Waals surface area contributed by atoms with Crippen LogP contribution in [0.4, 0.5) is 15.9 Å². The average molecular weight is 358 g/mol. The number of aromatic nitrogens is 1. The first-order chi connectivity index (χ1) is 12.5. The molecule has 5 nitrogen and oxygen atoms in total. The summed E-state index contributed by atoms with van der Waals surface area (Å²) in [6, 6.07) is 5.11. The number of benzene rings is 1. The van der Waals surface area contributed by atoms with Gasteiger partial charge in [-0.1, -0.05) is 6.07 Å². The first-order valence-corrected chi connectivity index (χ1v) is 9.13. The molecule has 0 bridgehead atoms. The topological polar surface area (TPSA) is 77.4 Å². The monoisotopic (exact) mass is 358 g/mol. The minimum absolute atomic E-state index is 0.310. The maximum absolute atomic E-state index is 13.7. The summed E-state index contributed by atoms with van der Waals surface area (Å²) < 4.78 is 19.1. The number of nitrogen functional groups attached to an aromatic ring is 2. The summed E-state index contributed by atoms with van der Waals surface area (Å²) in [7, 11) is 0. The Hall–Kier alpha value is -2.34. The van der Waals surface area contributed by atoms with Crippen molar-refractivity contribution in [2.75, 3.05) is 31.2 Å². The number of halogens is 1. The van der Waals surface area contributed by atoms with Gasteiger partial charge in [-0.05, 0) is 74.5 Å². The highest BCUT2D eigenvalue weighted by Crippen LogP contribution is 2.35. The highest BCUT2D eigenvalue weighted by atomic mass is 19.1. The maximum Gasteiger partial charge on any atom is 0.165 e. The van der Waals surface area contributed by atoms with Crippen molar-refractivity contribution in [1.82, 2.24) is 9.88 Å². The summed E-state index contributed by atoms with van der Waals surface area (Å²) in [5.41, 5.74) is 16.1. The lowest BCUT2D eigenvalue weighted by Crippen LogP contribution is -2.33. The zero-order valence-corrected chi connectivity index (χ0v) is 15.5. The highest BCUT2D eigenvalue weighted by molar-refractivity contribution is 5.58. The van der Waals surface area contributed by atoms with E-state index in [1.54, 1.807) is 12.3 Å². The summed E-state index contributed by atoms with van der Waals surface area (Å²) in [5, 5.41) is 0. The molecule has 2 aromatic rings. The van der Waals surface area contributed by atoms with Crippen LogP contribution >= 0.6 is 0 Å². The number of hydrogen-bond donors (Lipinski definition) is 2. The Labute approximate surface area is 154 Å². The molecular formula is C20H27FN4O. The molecule has 1 fully saturated rings. The fraction of sp³-hybridized carbons (Fsp3) is 0.450. The van der Waals surface area contributed by atoms with Gasteiger partial charge in [-0.2, -0.15) is 0 Å². The van der Waals surface area contributed by atoms with Gasteiger partial charge in [0.15, 0.2) is 11.6 Å². The van der Waals surface area contributed by atoms with Crippen molar-refractivity contribution in [3.05, 3.63) is 46.9 Å². The molecular weight excluding hydrogens is 331 g/mol. The molecule has 0 atom stereocenters. The van der Waals surface area contributed by atoms with Crippen LogP contribution in [-0.4, -0.2) is 29.6 Å². The third kappa shape index (κ3) is 3.90. The smallest absolute Gasteiger partial charge is 0.165 e. The first-order valence-electron chi connectivity index (χ1n) is 9.13. The molecule has 0 radical (unpaired) electrons. The number of ether oxygens (including phenoxy) is 1. The Morgan fingerprint density at radius 2 is 2.00 bits per heavy atom. The van der Waals surface area contributed by atoms with Crippen LogP contribution in [0.15, 0.2) is 24.4 Å².